The molecule has 6 aliphatic rings. The van der Waals surface area contributed by atoms with Crippen LogP contribution < -0.4 is 9.80 Å². The van der Waals surface area contributed by atoms with Crippen LogP contribution in [0.1, 0.15) is 57.1 Å². The van der Waals surface area contributed by atoms with E-state index in [2.05, 4.69) is 0 Å². The van der Waals surface area contributed by atoms with Crippen molar-refractivity contribution in [1.29, 1.82) is 0 Å². The lowest BCUT2D eigenvalue weighted by Gasteiger charge is -2.72. The third kappa shape index (κ3) is 1.77. The highest BCUT2D eigenvalue weighted by Crippen LogP contribution is 2.81. The van der Waals surface area contributed by atoms with Gasteiger partial charge in [0.15, 0.2) is 0 Å². The van der Waals surface area contributed by atoms with Gasteiger partial charge in [-0.25, -0.2) is 4.90 Å². The second-order valence-corrected chi connectivity index (χ2v) is 10.6. The first-order chi connectivity index (χ1) is 16.8. The summed E-state index contributed by atoms with van der Waals surface area (Å²) < 4.78 is 21.0. The Morgan fingerprint density at radius 2 is 1.40 bits per heavy atom. The van der Waals surface area contributed by atoms with Crippen molar-refractivity contribution >= 4 is 29.1 Å². The zero-order valence-electron chi connectivity index (χ0n) is 19.5. The molecular formula is C27H24N2O6. The number of carbonyl (C=O) groups excluding carboxylic acids is 3. The van der Waals surface area contributed by atoms with E-state index in [9.17, 15) is 14.4 Å². The Morgan fingerprint density at radius 1 is 0.771 bits per heavy atom. The summed E-state index contributed by atoms with van der Waals surface area (Å²) in [6, 6.07) is 14.6. The summed E-state index contributed by atoms with van der Waals surface area (Å²) in [6.45, 7) is 2.84. The van der Waals surface area contributed by atoms with Gasteiger partial charge in [-0.15, -0.1) is 0 Å². The summed E-state index contributed by atoms with van der Waals surface area (Å²) in [5.74, 6) is -2.81. The van der Waals surface area contributed by atoms with Crippen molar-refractivity contribution in [3.05, 3.63) is 59.7 Å². The van der Waals surface area contributed by atoms with Crippen LogP contribution >= 0.6 is 0 Å². The van der Waals surface area contributed by atoms with Crippen LogP contribution in [0.2, 0.25) is 0 Å². The highest BCUT2D eigenvalue weighted by atomic mass is 16.8. The Hall–Kier alpha value is -3.07. The lowest BCUT2D eigenvalue weighted by Crippen LogP contribution is -2.90. The Morgan fingerprint density at radius 3 is 2.00 bits per heavy atom. The molecule has 2 aromatic carbocycles. The largest absolute Gasteiger partial charge is 0.349 e. The molecule has 3 spiro atoms. The van der Waals surface area contributed by atoms with Crippen molar-refractivity contribution in [3.8, 4) is 0 Å². The molecule has 4 aliphatic heterocycles. The number of rotatable bonds is 0. The molecular weight excluding hydrogens is 448 g/mol. The van der Waals surface area contributed by atoms with Crippen LogP contribution in [0.5, 0.6) is 0 Å². The maximum atomic E-state index is 14.3. The van der Waals surface area contributed by atoms with Gasteiger partial charge in [0.2, 0.25) is 23.0 Å². The molecule has 3 atom stereocenters. The number of ether oxygens (including phenoxy) is 3. The SMILES string of the molecule is CC(=O)N1C(=O)[C@]2(O[C@]34OC5(CCC5)C5(CC5)OC32c2ccccc2N4C(C)=O)c2ccccc21. The third-order valence-electron chi connectivity index (χ3n) is 9.09. The Kier molecular flexibility index (Phi) is 3.26. The highest BCUT2D eigenvalue weighted by molar-refractivity contribution is 6.23. The summed E-state index contributed by atoms with van der Waals surface area (Å²) in [4.78, 5) is 42.9. The van der Waals surface area contributed by atoms with Crippen LogP contribution in [0.15, 0.2) is 48.5 Å². The number of fused-ring (bicyclic) bond motifs is 4. The summed E-state index contributed by atoms with van der Waals surface area (Å²) in [6.07, 6.45) is 4.26. The fourth-order valence-electron chi connectivity index (χ4n) is 7.49. The number of hydrogen-bond donors (Lipinski definition) is 0. The van der Waals surface area contributed by atoms with Gasteiger partial charge in [-0.05, 0) is 44.2 Å². The summed E-state index contributed by atoms with van der Waals surface area (Å²) in [5.41, 5.74) is -1.90. The lowest BCUT2D eigenvalue weighted by molar-refractivity contribution is -0.556. The molecule has 3 amide bonds. The van der Waals surface area contributed by atoms with E-state index in [1.165, 1.54) is 23.6 Å². The smallest absolute Gasteiger partial charge is 0.299 e. The molecule has 2 saturated carbocycles. The normalized spacial score (nSPS) is 35.8. The molecule has 2 aromatic rings. The van der Waals surface area contributed by atoms with Gasteiger partial charge in [0.25, 0.3) is 11.8 Å². The molecule has 8 rings (SSSR count). The molecule has 8 heteroatoms. The van der Waals surface area contributed by atoms with E-state index in [0.29, 0.717) is 22.5 Å². The van der Waals surface area contributed by atoms with Crippen molar-refractivity contribution in [2.45, 2.75) is 74.3 Å². The number of benzene rings is 2. The van der Waals surface area contributed by atoms with Crippen LogP contribution in [0.25, 0.3) is 0 Å². The van der Waals surface area contributed by atoms with Crippen LogP contribution in [-0.2, 0) is 39.8 Å². The summed E-state index contributed by atoms with van der Waals surface area (Å²) in [7, 11) is 0. The number of amides is 3. The first-order valence-corrected chi connectivity index (χ1v) is 12.2. The van der Waals surface area contributed by atoms with Crippen molar-refractivity contribution < 1.29 is 28.6 Å². The van der Waals surface area contributed by atoms with Crippen molar-refractivity contribution in [1.82, 2.24) is 0 Å². The lowest BCUT2D eigenvalue weighted by atomic mass is 9.63. The maximum absolute atomic E-state index is 14.3. The van der Waals surface area contributed by atoms with Gasteiger partial charge in [0.05, 0.1) is 17.0 Å². The fourth-order valence-corrected chi connectivity index (χ4v) is 7.49. The molecule has 8 nitrogen and oxygen atoms in total. The molecule has 1 unspecified atom stereocenters. The molecule has 2 saturated heterocycles. The number of para-hydroxylation sites is 2. The van der Waals surface area contributed by atoms with E-state index < -0.39 is 40.1 Å². The maximum Gasteiger partial charge on any atom is 0.299 e. The Bertz CT molecular complexity index is 1400. The second kappa shape index (κ2) is 5.67. The van der Waals surface area contributed by atoms with Crippen molar-refractivity contribution in [2.24, 2.45) is 0 Å². The third-order valence-corrected chi connectivity index (χ3v) is 9.09. The quantitative estimate of drug-likeness (QED) is 0.585. The zero-order valence-corrected chi connectivity index (χ0v) is 19.5. The minimum Gasteiger partial charge on any atom is -0.349 e. The van der Waals surface area contributed by atoms with E-state index in [1.807, 2.05) is 36.4 Å². The van der Waals surface area contributed by atoms with Crippen LogP contribution in [0, 0.1) is 0 Å². The predicted octanol–water partition coefficient (Wildman–Crippen LogP) is 3.22. The van der Waals surface area contributed by atoms with Crippen LogP contribution in [0.4, 0.5) is 11.4 Å². The van der Waals surface area contributed by atoms with Crippen LogP contribution in [0.3, 0.4) is 0 Å². The van der Waals surface area contributed by atoms with E-state index in [1.54, 1.807) is 12.1 Å². The van der Waals surface area contributed by atoms with Crippen molar-refractivity contribution in [3.63, 3.8) is 0 Å². The van der Waals surface area contributed by atoms with Gasteiger partial charge < -0.3 is 14.2 Å². The van der Waals surface area contributed by atoms with E-state index in [0.717, 1.165) is 32.1 Å². The highest BCUT2D eigenvalue weighted by Gasteiger charge is 2.96. The molecule has 4 heterocycles. The fraction of sp³-hybridized carbons (Fsp3) is 0.444. The van der Waals surface area contributed by atoms with Gasteiger partial charge in [-0.2, -0.15) is 0 Å². The summed E-state index contributed by atoms with van der Waals surface area (Å²) in [5, 5.41) is 0. The van der Waals surface area contributed by atoms with Gasteiger partial charge in [-0.1, -0.05) is 36.4 Å². The molecule has 0 bridgehead atoms. The van der Waals surface area contributed by atoms with Crippen molar-refractivity contribution in [2.75, 3.05) is 9.80 Å². The minimum atomic E-state index is -1.66. The Labute approximate surface area is 201 Å². The Balaban J connectivity index is 1.47. The van der Waals surface area contributed by atoms with E-state index in [4.69, 9.17) is 14.2 Å². The number of imide groups is 1. The number of hydrogen-bond acceptors (Lipinski definition) is 6. The topological polar surface area (TPSA) is 85.4 Å². The second-order valence-electron chi connectivity index (χ2n) is 10.6. The van der Waals surface area contributed by atoms with Crippen LogP contribution in [-0.4, -0.2) is 34.8 Å². The molecule has 178 valence electrons. The van der Waals surface area contributed by atoms with Gasteiger partial charge >= 0.3 is 0 Å². The molecule has 0 N–H and O–H groups in total. The first-order valence-electron chi connectivity index (χ1n) is 12.2. The molecule has 35 heavy (non-hydrogen) atoms. The zero-order chi connectivity index (χ0) is 24.0. The van der Waals surface area contributed by atoms with E-state index >= 15 is 0 Å². The number of anilines is 2. The molecule has 0 radical (unpaired) electrons. The molecule has 0 aromatic heterocycles. The first kappa shape index (κ1) is 20.2. The van der Waals surface area contributed by atoms with Gasteiger partial charge in [0.1, 0.15) is 5.60 Å². The average Bonchev–Trinajstić information content (AvgIpc) is 3.47. The average molecular weight is 472 g/mol. The molecule has 4 fully saturated rings. The van der Waals surface area contributed by atoms with E-state index in [-0.39, 0.29) is 5.91 Å². The molecule has 2 aliphatic carbocycles. The predicted molar refractivity (Wildman–Crippen MR) is 122 cm³/mol. The van der Waals surface area contributed by atoms with Gasteiger partial charge in [0, 0.05) is 25.0 Å². The summed E-state index contributed by atoms with van der Waals surface area (Å²) >= 11 is 0. The number of nitrogens with zero attached hydrogens (tertiary/aromatic N) is 2. The monoisotopic (exact) mass is 472 g/mol. The van der Waals surface area contributed by atoms with Gasteiger partial charge in [-0.3, -0.25) is 19.3 Å². The minimum absolute atomic E-state index is 0.263. The standard InChI is InChI=1S/C27H24N2O6/c1-16(30)28-20-10-5-3-8-18(20)25(22(28)32)26-19-9-4-6-11-21(19)29(17(2)31)27(26,35-25)34-23(12-7-13-23)24(33-26)14-15-24/h3-6,8-11H,7,12-15H2,1-2H3/t25-,26?,27-/m1/s1. The number of carbonyl (C=O) groups is 3.